The average Bonchev–Trinajstić information content (AvgIpc) is 2.26. The van der Waals surface area contributed by atoms with Gasteiger partial charge in [0.2, 0.25) is 0 Å². The molecule has 0 aromatic heterocycles. The van der Waals surface area contributed by atoms with Gasteiger partial charge in [-0.25, -0.2) is 0 Å². The lowest BCUT2D eigenvalue weighted by molar-refractivity contribution is 0.0924. The van der Waals surface area contributed by atoms with E-state index in [1.807, 2.05) is 0 Å². The number of hydrogen-bond acceptors (Lipinski definition) is 4. The number of carbonyl (C=O) groups is 1. The number of aliphatic hydroxyl groups is 1. The van der Waals surface area contributed by atoms with E-state index in [9.17, 15) is 4.79 Å². The third kappa shape index (κ3) is 3.13. The van der Waals surface area contributed by atoms with Crippen molar-refractivity contribution in [1.82, 2.24) is 5.32 Å². The first-order chi connectivity index (χ1) is 7.54. The highest BCUT2D eigenvalue weighted by Crippen LogP contribution is 2.19. The van der Waals surface area contributed by atoms with Gasteiger partial charge in [-0.3, -0.25) is 4.79 Å². The van der Waals surface area contributed by atoms with Crippen molar-refractivity contribution in [2.75, 3.05) is 19.4 Å². The number of nitrogen functional groups attached to an aromatic ring is 1. The van der Waals surface area contributed by atoms with Crippen LogP contribution in [-0.2, 0) is 0 Å². The summed E-state index contributed by atoms with van der Waals surface area (Å²) in [5.41, 5.74) is 6.40. The molecular weight excluding hydrogens is 208 g/mol. The standard InChI is InChI=1S/C11H16N2O3/c1-7(14)6-13-11(15)9-5-8(16-2)3-4-10(9)12/h3-5,7,14H,6,12H2,1-2H3,(H,13,15). The predicted molar refractivity (Wildman–Crippen MR) is 61.4 cm³/mol. The summed E-state index contributed by atoms with van der Waals surface area (Å²) in [6.45, 7) is 1.78. The summed E-state index contributed by atoms with van der Waals surface area (Å²) in [5.74, 6) is 0.244. The number of nitrogens with one attached hydrogen (secondary N) is 1. The number of anilines is 1. The van der Waals surface area contributed by atoms with Crippen molar-refractivity contribution in [3.8, 4) is 5.75 Å². The zero-order chi connectivity index (χ0) is 12.1. The Morgan fingerprint density at radius 2 is 2.31 bits per heavy atom. The molecule has 1 aromatic rings. The second kappa shape index (κ2) is 5.37. The minimum Gasteiger partial charge on any atom is -0.497 e. The second-order valence-electron chi connectivity index (χ2n) is 3.51. The molecule has 0 aliphatic heterocycles. The summed E-state index contributed by atoms with van der Waals surface area (Å²) in [6, 6.07) is 4.85. The quantitative estimate of drug-likeness (QED) is 0.646. The number of hydrogen-bond donors (Lipinski definition) is 3. The molecule has 1 unspecified atom stereocenters. The molecule has 1 rings (SSSR count). The van der Waals surface area contributed by atoms with E-state index in [1.165, 1.54) is 7.11 Å². The Morgan fingerprint density at radius 1 is 1.62 bits per heavy atom. The van der Waals surface area contributed by atoms with Gasteiger partial charge in [0.15, 0.2) is 0 Å². The van der Waals surface area contributed by atoms with Gasteiger partial charge in [0.1, 0.15) is 5.75 Å². The van der Waals surface area contributed by atoms with Crippen LogP contribution in [0.5, 0.6) is 5.75 Å². The molecule has 5 nitrogen and oxygen atoms in total. The molecule has 0 aliphatic rings. The fourth-order valence-corrected chi connectivity index (χ4v) is 1.19. The van der Waals surface area contributed by atoms with E-state index >= 15 is 0 Å². The van der Waals surface area contributed by atoms with Gasteiger partial charge in [0, 0.05) is 12.2 Å². The van der Waals surface area contributed by atoms with Gasteiger partial charge in [0.05, 0.1) is 18.8 Å². The molecule has 0 spiro atoms. The van der Waals surface area contributed by atoms with Gasteiger partial charge < -0.3 is 20.9 Å². The molecule has 88 valence electrons. The lowest BCUT2D eigenvalue weighted by atomic mass is 10.1. The van der Waals surface area contributed by atoms with Gasteiger partial charge in [-0.15, -0.1) is 0 Å². The van der Waals surface area contributed by atoms with Gasteiger partial charge in [0.25, 0.3) is 5.91 Å². The van der Waals surface area contributed by atoms with Crippen LogP contribution in [0.3, 0.4) is 0 Å². The van der Waals surface area contributed by atoms with Crippen LogP contribution in [0.15, 0.2) is 18.2 Å². The first kappa shape index (κ1) is 12.3. The van der Waals surface area contributed by atoms with Crippen molar-refractivity contribution in [2.45, 2.75) is 13.0 Å². The monoisotopic (exact) mass is 224 g/mol. The van der Waals surface area contributed by atoms with E-state index in [0.717, 1.165) is 0 Å². The van der Waals surface area contributed by atoms with Crippen molar-refractivity contribution in [2.24, 2.45) is 0 Å². The van der Waals surface area contributed by atoms with E-state index in [4.69, 9.17) is 15.6 Å². The number of ether oxygens (including phenoxy) is 1. The van der Waals surface area contributed by atoms with Crippen LogP contribution in [0, 0.1) is 0 Å². The van der Waals surface area contributed by atoms with Gasteiger partial charge in [-0.2, -0.15) is 0 Å². The Hall–Kier alpha value is -1.75. The van der Waals surface area contributed by atoms with Crippen molar-refractivity contribution in [1.29, 1.82) is 0 Å². The molecule has 0 heterocycles. The maximum Gasteiger partial charge on any atom is 0.253 e. The van der Waals surface area contributed by atoms with E-state index in [1.54, 1.807) is 25.1 Å². The van der Waals surface area contributed by atoms with E-state index in [2.05, 4.69) is 5.32 Å². The first-order valence-corrected chi connectivity index (χ1v) is 4.94. The first-order valence-electron chi connectivity index (χ1n) is 4.94. The lowest BCUT2D eigenvalue weighted by Gasteiger charge is -2.10. The van der Waals surface area contributed by atoms with Gasteiger partial charge >= 0.3 is 0 Å². The van der Waals surface area contributed by atoms with Crippen LogP contribution in [0.2, 0.25) is 0 Å². The van der Waals surface area contributed by atoms with Crippen LogP contribution >= 0.6 is 0 Å². The summed E-state index contributed by atoms with van der Waals surface area (Å²) in [6.07, 6.45) is -0.587. The Balaban J connectivity index is 2.81. The maximum absolute atomic E-state index is 11.7. The van der Waals surface area contributed by atoms with Crippen LogP contribution in [0.1, 0.15) is 17.3 Å². The zero-order valence-corrected chi connectivity index (χ0v) is 9.36. The number of benzene rings is 1. The maximum atomic E-state index is 11.7. The molecule has 0 saturated heterocycles. The summed E-state index contributed by atoms with van der Waals surface area (Å²) in [5, 5.41) is 11.6. The fourth-order valence-electron chi connectivity index (χ4n) is 1.19. The Kier molecular flexibility index (Phi) is 4.13. The average molecular weight is 224 g/mol. The molecule has 1 aromatic carbocycles. The molecule has 1 amide bonds. The Morgan fingerprint density at radius 3 is 2.88 bits per heavy atom. The summed E-state index contributed by atoms with van der Waals surface area (Å²) < 4.78 is 5.00. The largest absolute Gasteiger partial charge is 0.497 e. The van der Waals surface area contributed by atoms with Gasteiger partial charge in [-0.1, -0.05) is 0 Å². The fraction of sp³-hybridized carbons (Fsp3) is 0.364. The Bertz CT molecular complexity index is 377. The molecule has 0 aliphatic carbocycles. The summed E-state index contributed by atoms with van der Waals surface area (Å²) in [4.78, 5) is 11.7. The molecule has 4 N–H and O–H groups in total. The highest BCUT2D eigenvalue weighted by molar-refractivity contribution is 5.99. The minimum atomic E-state index is -0.587. The minimum absolute atomic E-state index is 0.190. The van der Waals surface area contributed by atoms with Crippen molar-refractivity contribution >= 4 is 11.6 Å². The summed E-state index contributed by atoms with van der Waals surface area (Å²) in [7, 11) is 1.52. The number of amides is 1. The smallest absolute Gasteiger partial charge is 0.253 e. The zero-order valence-electron chi connectivity index (χ0n) is 9.36. The number of methoxy groups -OCH3 is 1. The van der Waals surface area contributed by atoms with Crippen LogP contribution in [0.25, 0.3) is 0 Å². The van der Waals surface area contributed by atoms with E-state index in [-0.39, 0.29) is 12.5 Å². The van der Waals surface area contributed by atoms with Crippen LogP contribution < -0.4 is 15.8 Å². The van der Waals surface area contributed by atoms with Crippen molar-refractivity contribution in [3.05, 3.63) is 23.8 Å². The predicted octanol–water partition coefficient (Wildman–Crippen LogP) is 0.388. The SMILES string of the molecule is COc1ccc(N)c(C(=O)NCC(C)O)c1. The van der Waals surface area contributed by atoms with E-state index < -0.39 is 6.10 Å². The molecule has 1 atom stereocenters. The second-order valence-corrected chi connectivity index (χ2v) is 3.51. The third-order valence-electron chi connectivity index (χ3n) is 2.06. The van der Waals surface area contributed by atoms with Crippen LogP contribution in [0.4, 0.5) is 5.69 Å². The molecule has 0 saturated carbocycles. The molecule has 5 heteroatoms. The van der Waals surface area contributed by atoms with Crippen LogP contribution in [-0.4, -0.2) is 30.8 Å². The molecule has 16 heavy (non-hydrogen) atoms. The number of carbonyl (C=O) groups excluding carboxylic acids is 1. The van der Waals surface area contributed by atoms with Crippen molar-refractivity contribution < 1.29 is 14.6 Å². The summed E-state index contributed by atoms with van der Waals surface area (Å²) >= 11 is 0. The highest BCUT2D eigenvalue weighted by atomic mass is 16.5. The molecule has 0 radical (unpaired) electrons. The topological polar surface area (TPSA) is 84.6 Å². The Labute approximate surface area is 94.2 Å². The highest BCUT2D eigenvalue weighted by Gasteiger charge is 2.11. The molecular formula is C11H16N2O3. The van der Waals surface area contributed by atoms with Crippen molar-refractivity contribution in [3.63, 3.8) is 0 Å². The van der Waals surface area contributed by atoms with Gasteiger partial charge in [-0.05, 0) is 25.1 Å². The van der Waals surface area contributed by atoms with E-state index in [0.29, 0.717) is 17.0 Å². The third-order valence-corrected chi connectivity index (χ3v) is 2.06. The number of aliphatic hydroxyl groups excluding tert-OH is 1. The number of nitrogens with two attached hydrogens (primary N) is 1. The normalized spacial score (nSPS) is 11.9. The molecule has 0 fully saturated rings. The lowest BCUT2D eigenvalue weighted by Crippen LogP contribution is -2.31. The number of rotatable bonds is 4. The molecule has 0 bridgehead atoms.